The molecule has 0 spiro atoms. The number of nitrogens with one attached hydrogen (secondary N) is 1. The van der Waals surface area contributed by atoms with Crippen LogP contribution in [0.5, 0.6) is 0 Å². The van der Waals surface area contributed by atoms with Crippen molar-refractivity contribution >= 4 is 0 Å². The lowest BCUT2D eigenvalue weighted by molar-refractivity contribution is 0.103. The second-order valence-corrected chi connectivity index (χ2v) is 7.89. The molecule has 3 fully saturated rings. The van der Waals surface area contributed by atoms with Gasteiger partial charge in [-0.3, -0.25) is 0 Å². The maximum Gasteiger partial charge on any atom is 0.00108 e. The molecule has 1 N–H and O–H groups in total. The first-order chi connectivity index (χ1) is 8.70. The minimum Gasteiger partial charge on any atom is -0.316 e. The third-order valence-corrected chi connectivity index (χ3v) is 5.91. The SMILES string of the molecule is CC(C)CNCC1(C2CCCCC2)CC2CC2C1. The molecular formula is C17H31N. The molecular weight excluding hydrogens is 218 g/mol. The highest BCUT2D eigenvalue weighted by Gasteiger charge is 2.56. The fourth-order valence-electron chi connectivity index (χ4n) is 4.88. The molecule has 0 aromatic rings. The van der Waals surface area contributed by atoms with E-state index in [-0.39, 0.29) is 0 Å². The van der Waals surface area contributed by atoms with Crippen molar-refractivity contribution in [3.63, 3.8) is 0 Å². The van der Waals surface area contributed by atoms with Crippen molar-refractivity contribution in [1.29, 1.82) is 0 Å². The minimum absolute atomic E-state index is 0.711. The molecule has 0 aromatic heterocycles. The summed E-state index contributed by atoms with van der Waals surface area (Å²) < 4.78 is 0. The van der Waals surface area contributed by atoms with Crippen LogP contribution in [0.4, 0.5) is 0 Å². The van der Waals surface area contributed by atoms with E-state index in [1.807, 2.05) is 0 Å². The standard InChI is InChI=1S/C17H31N/c1-13(2)11-18-12-17(9-14-8-15(14)10-17)16-6-4-3-5-7-16/h13-16,18H,3-12H2,1-2H3. The van der Waals surface area contributed by atoms with Crippen LogP contribution in [0.2, 0.25) is 0 Å². The van der Waals surface area contributed by atoms with Crippen molar-refractivity contribution < 1.29 is 0 Å². The second kappa shape index (κ2) is 5.15. The van der Waals surface area contributed by atoms with E-state index in [4.69, 9.17) is 0 Å². The molecule has 0 aliphatic heterocycles. The zero-order valence-corrected chi connectivity index (χ0v) is 12.4. The molecule has 3 aliphatic carbocycles. The van der Waals surface area contributed by atoms with Gasteiger partial charge in [0.1, 0.15) is 0 Å². The van der Waals surface area contributed by atoms with Gasteiger partial charge in [0.2, 0.25) is 0 Å². The third kappa shape index (κ3) is 2.61. The first kappa shape index (κ1) is 13.0. The topological polar surface area (TPSA) is 12.0 Å². The van der Waals surface area contributed by atoms with Gasteiger partial charge in [0.25, 0.3) is 0 Å². The van der Waals surface area contributed by atoms with Gasteiger partial charge < -0.3 is 5.32 Å². The molecule has 0 radical (unpaired) electrons. The van der Waals surface area contributed by atoms with Crippen molar-refractivity contribution in [1.82, 2.24) is 5.32 Å². The van der Waals surface area contributed by atoms with E-state index in [1.165, 1.54) is 45.2 Å². The molecule has 0 heterocycles. The van der Waals surface area contributed by atoms with Crippen molar-refractivity contribution in [2.75, 3.05) is 13.1 Å². The maximum absolute atomic E-state index is 3.81. The van der Waals surface area contributed by atoms with Crippen molar-refractivity contribution in [3.05, 3.63) is 0 Å². The Kier molecular flexibility index (Phi) is 3.71. The summed E-state index contributed by atoms with van der Waals surface area (Å²) in [7, 11) is 0. The van der Waals surface area contributed by atoms with E-state index in [9.17, 15) is 0 Å². The van der Waals surface area contributed by atoms with Crippen LogP contribution in [0.3, 0.4) is 0 Å². The molecule has 104 valence electrons. The summed E-state index contributed by atoms with van der Waals surface area (Å²) in [6, 6.07) is 0. The summed E-state index contributed by atoms with van der Waals surface area (Å²) in [6.07, 6.45) is 12.3. The van der Waals surface area contributed by atoms with Crippen LogP contribution in [-0.2, 0) is 0 Å². The predicted octanol–water partition coefficient (Wildman–Crippen LogP) is 4.23. The van der Waals surface area contributed by atoms with Crippen LogP contribution in [0.1, 0.15) is 65.2 Å². The Morgan fingerprint density at radius 1 is 1.06 bits per heavy atom. The van der Waals surface area contributed by atoms with Gasteiger partial charge in [-0.2, -0.15) is 0 Å². The normalized spacial score (nSPS) is 40.2. The smallest absolute Gasteiger partial charge is 0.00108 e. The average molecular weight is 249 g/mol. The monoisotopic (exact) mass is 249 g/mol. The molecule has 1 nitrogen and oxygen atoms in total. The van der Waals surface area contributed by atoms with Crippen LogP contribution in [-0.4, -0.2) is 13.1 Å². The van der Waals surface area contributed by atoms with Gasteiger partial charge in [-0.05, 0) is 67.7 Å². The summed E-state index contributed by atoms with van der Waals surface area (Å²) in [5, 5.41) is 3.81. The van der Waals surface area contributed by atoms with Gasteiger partial charge in [0.05, 0.1) is 0 Å². The van der Waals surface area contributed by atoms with E-state index in [2.05, 4.69) is 19.2 Å². The summed E-state index contributed by atoms with van der Waals surface area (Å²) in [5.74, 6) is 4.11. The van der Waals surface area contributed by atoms with E-state index in [0.29, 0.717) is 5.41 Å². The van der Waals surface area contributed by atoms with E-state index < -0.39 is 0 Å². The Balaban J connectivity index is 1.60. The van der Waals surface area contributed by atoms with Crippen molar-refractivity contribution in [2.24, 2.45) is 29.1 Å². The molecule has 3 saturated carbocycles. The first-order valence-corrected chi connectivity index (χ1v) is 8.40. The van der Waals surface area contributed by atoms with Crippen LogP contribution in [0, 0.1) is 29.1 Å². The summed E-state index contributed by atoms with van der Waals surface area (Å²) in [4.78, 5) is 0. The Bertz CT molecular complexity index is 267. The molecule has 1 heteroatoms. The number of hydrogen-bond acceptors (Lipinski definition) is 1. The Morgan fingerprint density at radius 3 is 2.33 bits per heavy atom. The summed E-state index contributed by atoms with van der Waals surface area (Å²) in [5.41, 5.74) is 0.711. The fraction of sp³-hybridized carbons (Fsp3) is 1.00. The second-order valence-electron chi connectivity index (χ2n) is 7.89. The highest BCUT2D eigenvalue weighted by atomic mass is 14.9. The van der Waals surface area contributed by atoms with E-state index >= 15 is 0 Å². The lowest BCUT2D eigenvalue weighted by Gasteiger charge is -2.42. The molecule has 2 unspecified atom stereocenters. The zero-order valence-electron chi connectivity index (χ0n) is 12.4. The molecule has 2 atom stereocenters. The number of hydrogen-bond donors (Lipinski definition) is 1. The lowest BCUT2D eigenvalue weighted by atomic mass is 9.66. The van der Waals surface area contributed by atoms with Gasteiger partial charge in [-0.1, -0.05) is 33.1 Å². The van der Waals surface area contributed by atoms with Gasteiger partial charge in [0.15, 0.2) is 0 Å². The van der Waals surface area contributed by atoms with E-state index in [1.54, 1.807) is 19.3 Å². The molecule has 0 bridgehead atoms. The van der Waals surface area contributed by atoms with Crippen LogP contribution >= 0.6 is 0 Å². The molecule has 0 amide bonds. The Morgan fingerprint density at radius 2 is 1.72 bits per heavy atom. The van der Waals surface area contributed by atoms with Crippen molar-refractivity contribution in [2.45, 2.75) is 65.2 Å². The Hall–Kier alpha value is -0.0400. The molecule has 18 heavy (non-hydrogen) atoms. The summed E-state index contributed by atoms with van der Waals surface area (Å²) >= 11 is 0. The lowest BCUT2D eigenvalue weighted by Crippen LogP contribution is -2.41. The van der Waals surface area contributed by atoms with Crippen molar-refractivity contribution in [3.8, 4) is 0 Å². The van der Waals surface area contributed by atoms with Gasteiger partial charge in [-0.25, -0.2) is 0 Å². The van der Waals surface area contributed by atoms with Crippen LogP contribution < -0.4 is 5.32 Å². The number of rotatable bonds is 5. The van der Waals surface area contributed by atoms with Gasteiger partial charge >= 0.3 is 0 Å². The third-order valence-electron chi connectivity index (χ3n) is 5.91. The maximum atomic E-state index is 3.81. The molecule has 0 aromatic carbocycles. The van der Waals surface area contributed by atoms with Gasteiger partial charge in [-0.15, -0.1) is 0 Å². The van der Waals surface area contributed by atoms with Gasteiger partial charge in [0, 0.05) is 6.54 Å². The highest BCUT2D eigenvalue weighted by molar-refractivity contribution is 5.06. The fourth-order valence-corrected chi connectivity index (χ4v) is 4.88. The molecule has 3 rings (SSSR count). The number of fused-ring (bicyclic) bond motifs is 1. The summed E-state index contributed by atoms with van der Waals surface area (Å²) in [6.45, 7) is 7.19. The highest BCUT2D eigenvalue weighted by Crippen LogP contribution is 2.63. The zero-order chi connectivity index (χ0) is 12.6. The quantitative estimate of drug-likeness (QED) is 0.769. The minimum atomic E-state index is 0.711. The van der Waals surface area contributed by atoms with E-state index in [0.717, 1.165) is 23.7 Å². The predicted molar refractivity (Wildman–Crippen MR) is 77.5 cm³/mol. The molecule has 3 aliphatic rings. The first-order valence-electron chi connectivity index (χ1n) is 8.40. The average Bonchev–Trinajstić information content (AvgIpc) is 2.98. The van der Waals surface area contributed by atoms with Crippen LogP contribution in [0.15, 0.2) is 0 Å². The molecule has 0 saturated heterocycles. The Labute approximate surface area is 113 Å². The largest absolute Gasteiger partial charge is 0.316 e. The van der Waals surface area contributed by atoms with Crippen LogP contribution in [0.25, 0.3) is 0 Å².